The van der Waals surface area contributed by atoms with E-state index in [0.29, 0.717) is 0 Å². The van der Waals surface area contributed by atoms with Crippen molar-refractivity contribution in [3.05, 3.63) is 19.8 Å². The average molecular weight is 282 g/mol. The largest absolute Gasteiger partial charge is 0.390 e. The van der Waals surface area contributed by atoms with E-state index in [1.807, 2.05) is 6.07 Å². The molecule has 1 aliphatic carbocycles. The molecule has 0 saturated heterocycles. The van der Waals surface area contributed by atoms with E-state index < -0.39 is 0 Å². The highest BCUT2D eigenvalue weighted by molar-refractivity contribution is 9.10. The second kappa shape index (κ2) is 3.54. The molecule has 0 radical (unpaired) electrons. The first-order valence-corrected chi connectivity index (χ1v) is 6.24. The fraction of sp³-hybridized carbons (Fsp3) is 0.556. The molecule has 2 rings (SSSR count). The molecule has 4 heteroatoms. The summed E-state index contributed by atoms with van der Waals surface area (Å²) >= 11 is 10.9. The topological polar surface area (TPSA) is 20.2 Å². The molecule has 1 heterocycles. The van der Waals surface area contributed by atoms with Crippen molar-refractivity contribution in [1.82, 2.24) is 0 Å². The van der Waals surface area contributed by atoms with Crippen molar-refractivity contribution in [3.8, 4) is 0 Å². The van der Waals surface area contributed by atoms with E-state index in [1.54, 1.807) is 11.3 Å². The summed E-state index contributed by atoms with van der Waals surface area (Å²) in [6, 6.07) is 2.04. The third-order valence-electron chi connectivity index (χ3n) is 2.36. The SMILES string of the molecule is OC1(CCc2cc(Br)c(Cl)s2)CC1. The van der Waals surface area contributed by atoms with Gasteiger partial charge in [-0.1, -0.05) is 11.6 Å². The molecule has 72 valence electrons. The van der Waals surface area contributed by atoms with Crippen molar-refractivity contribution in [2.75, 3.05) is 0 Å². The Labute approximate surface area is 94.9 Å². The minimum absolute atomic E-state index is 0.344. The Morgan fingerprint density at radius 2 is 2.31 bits per heavy atom. The van der Waals surface area contributed by atoms with Gasteiger partial charge in [0.05, 0.1) is 5.60 Å². The minimum atomic E-state index is -0.344. The normalized spacial score (nSPS) is 19.0. The third-order valence-corrected chi connectivity index (χ3v) is 4.89. The van der Waals surface area contributed by atoms with Crippen LogP contribution in [0.1, 0.15) is 24.1 Å². The van der Waals surface area contributed by atoms with Crippen molar-refractivity contribution >= 4 is 38.9 Å². The van der Waals surface area contributed by atoms with Crippen LogP contribution in [0.5, 0.6) is 0 Å². The predicted molar refractivity (Wildman–Crippen MR) is 59.5 cm³/mol. The molecule has 1 nitrogen and oxygen atoms in total. The van der Waals surface area contributed by atoms with Gasteiger partial charge in [0.15, 0.2) is 0 Å². The lowest BCUT2D eigenvalue weighted by molar-refractivity contribution is 0.141. The summed E-state index contributed by atoms with van der Waals surface area (Å²) in [5.41, 5.74) is -0.344. The summed E-state index contributed by atoms with van der Waals surface area (Å²) in [6.07, 6.45) is 3.74. The zero-order valence-electron chi connectivity index (χ0n) is 7.02. The van der Waals surface area contributed by atoms with Crippen molar-refractivity contribution < 1.29 is 5.11 Å². The summed E-state index contributed by atoms with van der Waals surface area (Å²) in [5, 5.41) is 9.63. The van der Waals surface area contributed by atoms with Crippen LogP contribution in [0.2, 0.25) is 4.34 Å². The number of thiophene rings is 1. The molecule has 0 atom stereocenters. The Balaban J connectivity index is 1.94. The van der Waals surface area contributed by atoms with Crippen molar-refractivity contribution in [3.63, 3.8) is 0 Å². The number of halogens is 2. The maximum Gasteiger partial charge on any atom is 0.107 e. The number of aryl methyl sites for hydroxylation is 1. The molecule has 1 aromatic heterocycles. The Morgan fingerprint density at radius 1 is 1.62 bits per heavy atom. The maximum atomic E-state index is 9.63. The molecule has 0 aliphatic heterocycles. The van der Waals surface area contributed by atoms with E-state index >= 15 is 0 Å². The summed E-state index contributed by atoms with van der Waals surface area (Å²) in [5.74, 6) is 0. The van der Waals surface area contributed by atoms with Crippen LogP contribution in [0.4, 0.5) is 0 Å². The highest BCUT2D eigenvalue weighted by Gasteiger charge is 2.39. The number of rotatable bonds is 3. The van der Waals surface area contributed by atoms with E-state index in [1.165, 1.54) is 4.88 Å². The molecule has 0 spiro atoms. The summed E-state index contributed by atoms with van der Waals surface area (Å²) in [6.45, 7) is 0. The molecule has 0 amide bonds. The fourth-order valence-corrected chi connectivity index (χ4v) is 3.05. The van der Waals surface area contributed by atoms with Crippen LogP contribution >= 0.6 is 38.9 Å². The fourth-order valence-electron chi connectivity index (χ4n) is 1.26. The highest BCUT2D eigenvalue weighted by Crippen LogP contribution is 2.40. The number of hydrogen-bond acceptors (Lipinski definition) is 2. The van der Waals surface area contributed by atoms with E-state index in [2.05, 4.69) is 15.9 Å². The molecule has 1 fully saturated rings. The number of aliphatic hydroxyl groups is 1. The summed E-state index contributed by atoms with van der Waals surface area (Å²) in [7, 11) is 0. The third kappa shape index (κ3) is 2.46. The van der Waals surface area contributed by atoms with Crippen LogP contribution in [-0.2, 0) is 6.42 Å². The van der Waals surface area contributed by atoms with Crippen LogP contribution in [0, 0.1) is 0 Å². The van der Waals surface area contributed by atoms with Gasteiger partial charge in [-0.25, -0.2) is 0 Å². The lowest BCUT2D eigenvalue weighted by Crippen LogP contribution is -2.06. The zero-order valence-corrected chi connectivity index (χ0v) is 10.2. The average Bonchev–Trinajstić information content (AvgIpc) is 2.72. The molecule has 0 unspecified atom stereocenters. The maximum absolute atomic E-state index is 9.63. The molecule has 13 heavy (non-hydrogen) atoms. The second-order valence-corrected chi connectivity index (χ2v) is 6.15. The first-order valence-electron chi connectivity index (χ1n) is 4.25. The van der Waals surface area contributed by atoms with Gasteiger partial charge in [-0.15, -0.1) is 11.3 Å². The van der Waals surface area contributed by atoms with Crippen LogP contribution in [0.3, 0.4) is 0 Å². The first kappa shape index (κ1) is 9.97. The zero-order chi connectivity index (χ0) is 9.47. The van der Waals surface area contributed by atoms with Crippen LogP contribution < -0.4 is 0 Å². The van der Waals surface area contributed by atoms with E-state index in [4.69, 9.17) is 11.6 Å². The number of hydrogen-bond donors (Lipinski definition) is 1. The molecular weight excluding hydrogens is 272 g/mol. The van der Waals surface area contributed by atoms with Gasteiger partial charge in [-0.3, -0.25) is 0 Å². The smallest absolute Gasteiger partial charge is 0.107 e. The van der Waals surface area contributed by atoms with E-state index in [0.717, 1.165) is 34.5 Å². The molecular formula is C9H10BrClOS. The van der Waals surface area contributed by atoms with Gasteiger partial charge >= 0.3 is 0 Å². The minimum Gasteiger partial charge on any atom is -0.390 e. The van der Waals surface area contributed by atoms with Crippen molar-refractivity contribution in [1.29, 1.82) is 0 Å². The van der Waals surface area contributed by atoms with Crippen LogP contribution in [0.25, 0.3) is 0 Å². The van der Waals surface area contributed by atoms with Gasteiger partial charge in [0.2, 0.25) is 0 Å². The highest BCUT2D eigenvalue weighted by atomic mass is 79.9. The molecule has 1 aliphatic rings. The van der Waals surface area contributed by atoms with E-state index in [9.17, 15) is 5.11 Å². The summed E-state index contributed by atoms with van der Waals surface area (Å²) in [4.78, 5) is 1.25. The molecule has 1 N–H and O–H groups in total. The first-order chi connectivity index (χ1) is 6.09. The van der Waals surface area contributed by atoms with Gasteiger partial charge in [-0.05, 0) is 47.7 Å². The van der Waals surface area contributed by atoms with E-state index in [-0.39, 0.29) is 5.60 Å². The Hall–Kier alpha value is 0.430. The van der Waals surface area contributed by atoms with Gasteiger partial charge in [-0.2, -0.15) is 0 Å². The standard InChI is InChI=1S/C9H10BrClOS/c10-7-5-6(13-8(7)11)1-2-9(12)3-4-9/h5,12H,1-4H2. The van der Waals surface area contributed by atoms with Crippen LogP contribution in [0.15, 0.2) is 10.5 Å². The quantitative estimate of drug-likeness (QED) is 0.897. The lowest BCUT2D eigenvalue weighted by atomic mass is 10.1. The Morgan fingerprint density at radius 3 is 2.77 bits per heavy atom. The molecule has 1 saturated carbocycles. The van der Waals surface area contributed by atoms with Gasteiger partial charge in [0, 0.05) is 9.35 Å². The molecule has 0 aromatic carbocycles. The Kier molecular flexibility index (Phi) is 2.71. The lowest BCUT2D eigenvalue weighted by Gasteiger charge is -2.04. The van der Waals surface area contributed by atoms with Crippen molar-refractivity contribution in [2.45, 2.75) is 31.3 Å². The summed E-state index contributed by atoms with van der Waals surface area (Å²) < 4.78 is 1.77. The monoisotopic (exact) mass is 280 g/mol. The predicted octanol–water partition coefficient (Wildman–Crippen LogP) is 3.62. The molecule has 0 bridgehead atoms. The van der Waals surface area contributed by atoms with Gasteiger partial charge < -0.3 is 5.11 Å². The van der Waals surface area contributed by atoms with Crippen LogP contribution in [-0.4, -0.2) is 10.7 Å². The Bertz CT molecular complexity index is 300. The van der Waals surface area contributed by atoms with Crippen molar-refractivity contribution in [2.24, 2.45) is 0 Å². The van der Waals surface area contributed by atoms with Gasteiger partial charge in [0.25, 0.3) is 0 Å². The van der Waals surface area contributed by atoms with Gasteiger partial charge in [0.1, 0.15) is 4.34 Å². The second-order valence-electron chi connectivity index (χ2n) is 3.56. The molecule has 1 aromatic rings.